The first-order chi connectivity index (χ1) is 11.7. The molecule has 2 aliphatic heterocycles. The number of hydrogen-bond acceptors (Lipinski definition) is 4. The number of rotatable bonds is 3. The molecule has 0 atom stereocenters. The maximum Gasteiger partial charge on any atom is 0.168 e. The molecule has 2 heterocycles. The van der Waals surface area contributed by atoms with Crippen LogP contribution in [0.25, 0.3) is 0 Å². The van der Waals surface area contributed by atoms with Crippen molar-refractivity contribution >= 4 is 0 Å². The minimum Gasteiger partial charge on any atom is -0.348 e. The zero-order valence-corrected chi connectivity index (χ0v) is 14.9. The van der Waals surface area contributed by atoms with Gasteiger partial charge in [0.15, 0.2) is 5.79 Å². The lowest BCUT2D eigenvalue weighted by Gasteiger charge is -2.52. The average Bonchev–Trinajstić information content (AvgIpc) is 3.07. The van der Waals surface area contributed by atoms with Crippen molar-refractivity contribution < 1.29 is 9.47 Å². The molecule has 0 bridgehead atoms. The van der Waals surface area contributed by atoms with Gasteiger partial charge in [0.05, 0.1) is 13.2 Å². The van der Waals surface area contributed by atoms with Crippen LogP contribution in [0.2, 0.25) is 0 Å². The summed E-state index contributed by atoms with van der Waals surface area (Å²) in [6.45, 7) is 6.24. The van der Waals surface area contributed by atoms with Gasteiger partial charge in [-0.25, -0.2) is 0 Å². The van der Waals surface area contributed by atoms with Crippen LogP contribution in [0.3, 0.4) is 0 Å². The Kier molecular flexibility index (Phi) is 4.65. The molecule has 4 nitrogen and oxygen atoms in total. The van der Waals surface area contributed by atoms with Crippen LogP contribution in [-0.2, 0) is 15.9 Å². The number of ether oxygens (including phenoxy) is 2. The van der Waals surface area contributed by atoms with Gasteiger partial charge >= 0.3 is 0 Å². The molecule has 2 saturated heterocycles. The first-order valence-electron chi connectivity index (χ1n) is 9.45. The minimum atomic E-state index is -0.271. The SMILES string of the molecule is CN1CCN(C2(Cc3ccccc3)CCC3(CC2)OCCO3)CC1. The maximum absolute atomic E-state index is 5.98. The van der Waals surface area contributed by atoms with Gasteiger partial charge in [0.25, 0.3) is 0 Å². The van der Waals surface area contributed by atoms with E-state index in [1.54, 1.807) is 0 Å². The van der Waals surface area contributed by atoms with Crippen molar-refractivity contribution in [2.45, 2.75) is 43.4 Å². The Balaban J connectivity index is 1.53. The third kappa shape index (κ3) is 3.25. The third-order valence-electron chi connectivity index (χ3n) is 6.31. The Morgan fingerprint density at radius 3 is 2.12 bits per heavy atom. The van der Waals surface area contributed by atoms with Crippen molar-refractivity contribution in [3.63, 3.8) is 0 Å². The lowest BCUT2D eigenvalue weighted by atomic mass is 9.73. The van der Waals surface area contributed by atoms with Gasteiger partial charge < -0.3 is 14.4 Å². The molecule has 0 aromatic heterocycles. The lowest BCUT2D eigenvalue weighted by molar-refractivity contribution is -0.195. The summed E-state index contributed by atoms with van der Waals surface area (Å²) < 4.78 is 12.0. The maximum atomic E-state index is 5.98. The molecule has 1 aromatic rings. The van der Waals surface area contributed by atoms with Crippen molar-refractivity contribution in [3.8, 4) is 0 Å². The molecule has 1 spiro atoms. The Bertz CT molecular complexity index is 524. The molecule has 24 heavy (non-hydrogen) atoms. The second kappa shape index (κ2) is 6.75. The monoisotopic (exact) mass is 330 g/mol. The highest BCUT2D eigenvalue weighted by Gasteiger charge is 2.48. The van der Waals surface area contributed by atoms with E-state index in [9.17, 15) is 0 Å². The van der Waals surface area contributed by atoms with Crippen LogP contribution >= 0.6 is 0 Å². The molecule has 0 unspecified atom stereocenters. The predicted molar refractivity (Wildman–Crippen MR) is 95.1 cm³/mol. The standard InChI is InChI=1S/C20H30N2O2/c1-21-11-13-22(14-12-21)19(17-18-5-3-2-4-6-18)7-9-20(10-8-19)23-15-16-24-20/h2-6H,7-17H2,1H3. The zero-order chi connectivity index (χ0) is 16.5. The first-order valence-corrected chi connectivity index (χ1v) is 9.45. The molecule has 132 valence electrons. The normalized spacial score (nSPS) is 27.5. The summed E-state index contributed by atoms with van der Waals surface area (Å²) in [7, 11) is 2.23. The predicted octanol–water partition coefficient (Wildman–Crippen LogP) is 2.53. The van der Waals surface area contributed by atoms with E-state index in [4.69, 9.17) is 9.47 Å². The van der Waals surface area contributed by atoms with Crippen LogP contribution in [0.1, 0.15) is 31.2 Å². The molecular formula is C20H30N2O2. The molecule has 4 rings (SSSR count). The Morgan fingerprint density at radius 2 is 1.50 bits per heavy atom. The molecule has 3 aliphatic rings. The summed E-state index contributed by atoms with van der Waals surface area (Å²) >= 11 is 0. The number of benzene rings is 1. The van der Waals surface area contributed by atoms with Gasteiger partial charge in [0, 0.05) is 44.6 Å². The van der Waals surface area contributed by atoms with Gasteiger partial charge in [-0.2, -0.15) is 0 Å². The van der Waals surface area contributed by atoms with E-state index in [1.807, 2.05) is 0 Å². The van der Waals surface area contributed by atoms with E-state index in [0.29, 0.717) is 0 Å². The highest BCUT2D eigenvalue weighted by Crippen LogP contribution is 2.44. The van der Waals surface area contributed by atoms with Crippen LogP contribution < -0.4 is 0 Å². The largest absolute Gasteiger partial charge is 0.348 e. The third-order valence-corrected chi connectivity index (χ3v) is 6.31. The summed E-state index contributed by atoms with van der Waals surface area (Å²) in [5.74, 6) is -0.271. The van der Waals surface area contributed by atoms with E-state index in [0.717, 1.165) is 32.5 Å². The Hall–Kier alpha value is -0.940. The quantitative estimate of drug-likeness (QED) is 0.850. The molecule has 0 N–H and O–H groups in total. The topological polar surface area (TPSA) is 24.9 Å². The fourth-order valence-corrected chi connectivity index (χ4v) is 4.74. The van der Waals surface area contributed by atoms with Crippen LogP contribution in [-0.4, -0.2) is 67.6 Å². The highest BCUT2D eigenvalue weighted by molar-refractivity contribution is 5.19. The van der Waals surface area contributed by atoms with Crippen LogP contribution in [0.15, 0.2) is 30.3 Å². The van der Waals surface area contributed by atoms with E-state index >= 15 is 0 Å². The first kappa shape index (κ1) is 16.5. The van der Waals surface area contributed by atoms with E-state index in [-0.39, 0.29) is 11.3 Å². The second-order valence-electron chi connectivity index (χ2n) is 7.78. The smallest absolute Gasteiger partial charge is 0.168 e. The van der Waals surface area contributed by atoms with Gasteiger partial charge in [0.1, 0.15) is 0 Å². The number of hydrogen-bond donors (Lipinski definition) is 0. The number of piperazine rings is 1. The van der Waals surface area contributed by atoms with Crippen molar-refractivity contribution in [2.75, 3.05) is 46.4 Å². The van der Waals surface area contributed by atoms with Crippen LogP contribution in [0.4, 0.5) is 0 Å². The molecule has 1 aromatic carbocycles. The fraction of sp³-hybridized carbons (Fsp3) is 0.700. The van der Waals surface area contributed by atoms with Crippen LogP contribution in [0.5, 0.6) is 0 Å². The van der Waals surface area contributed by atoms with Crippen LogP contribution in [0, 0.1) is 0 Å². The van der Waals surface area contributed by atoms with E-state index in [1.165, 1.54) is 44.6 Å². The molecular weight excluding hydrogens is 300 g/mol. The Morgan fingerprint density at radius 1 is 0.875 bits per heavy atom. The molecule has 1 saturated carbocycles. The number of likely N-dealkylation sites (N-methyl/N-ethyl adjacent to an activating group) is 1. The fourth-order valence-electron chi connectivity index (χ4n) is 4.74. The summed E-state index contributed by atoms with van der Waals surface area (Å²) in [6.07, 6.45) is 5.56. The molecule has 1 aliphatic carbocycles. The summed E-state index contributed by atoms with van der Waals surface area (Å²) in [6, 6.07) is 11.0. The van der Waals surface area contributed by atoms with Gasteiger partial charge in [-0.3, -0.25) is 4.90 Å². The molecule has 3 fully saturated rings. The summed E-state index contributed by atoms with van der Waals surface area (Å²) in [5, 5.41) is 0. The molecule has 0 radical (unpaired) electrons. The highest BCUT2D eigenvalue weighted by atomic mass is 16.7. The van der Waals surface area contributed by atoms with Gasteiger partial charge in [-0.15, -0.1) is 0 Å². The van der Waals surface area contributed by atoms with Crippen molar-refractivity contribution in [1.82, 2.24) is 9.80 Å². The second-order valence-corrected chi connectivity index (χ2v) is 7.78. The minimum absolute atomic E-state index is 0.267. The van der Waals surface area contributed by atoms with Gasteiger partial charge in [-0.1, -0.05) is 30.3 Å². The molecule has 0 amide bonds. The summed E-state index contributed by atoms with van der Waals surface area (Å²) in [5.41, 5.74) is 1.73. The van der Waals surface area contributed by atoms with Crippen molar-refractivity contribution in [1.29, 1.82) is 0 Å². The van der Waals surface area contributed by atoms with Crippen molar-refractivity contribution in [3.05, 3.63) is 35.9 Å². The average molecular weight is 330 g/mol. The van der Waals surface area contributed by atoms with E-state index in [2.05, 4.69) is 47.2 Å². The Labute approximate surface area is 145 Å². The summed E-state index contributed by atoms with van der Waals surface area (Å²) in [4.78, 5) is 5.21. The molecule has 4 heteroatoms. The number of nitrogens with zero attached hydrogens (tertiary/aromatic N) is 2. The lowest BCUT2D eigenvalue weighted by Crippen LogP contribution is -2.60. The zero-order valence-electron chi connectivity index (χ0n) is 14.9. The van der Waals surface area contributed by atoms with Gasteiger partial charge in [-0.05, 0) is 31.9 Å². The van der Waals surface area contributed by atoms with E-state index < -0.39 is 0 Å². The van der Waals surface area contributed by atoms with Gasteiger partial charge in [0.2, 0.25) is 0 Å². The van der Waals surface area contributed by atoms with Crippen molar-refractivity contribution in [2.24, 2.45) is 0 Å².